The Kier molecular flexibility index (Phi) is 4.33. The van der Waals surface area contributed by atoms with E-state index in [1.165, 1.54) is 0 Å². The summed E-state index contributed by atoms with van der Waals surface area (Å²) in [4.78, 5) is 1.63. The predicted octanol–water partition coefficient (Wildman–Crippen LogP) is 2.84. The average molecular weight is 266 g/mol. The molecule has 0 spiro atoms. The molecular weight excluding hydrogens is 250 g/mol. The fourth-order valence-electron chi connectivity index (χ4n) is 2.34. The first-order valence-electron chi connectivity index (χ1n) is 6.41. The lowest BCUT2D eigenvalue weighted by atomic mass is 10.1. The van der Waals surface area contributed by atoms with Crippen LogP contribution in [0.15, 0.2) is 12.1 Å². The van der Waals surface area contributed by atoms with Gasteiger partial charge in [0.05, 0.1) is 17.7 Å². The molecule has 1 atom stereocenters. The Labute approximate surface area is 111 Å². The fourth-order valence-corrected chi connectivity index (χ4v) is 2.34. The molecule has 0 saturated carbocycles. The van der Waals surface area contributed by atoms with Gasteiger partial charge >= 0.3 is 0 Å². The SMILES string of the molecule is CCN(CC1CCCO1)c1c(F)cc(C#N)cc1F. The molecule has 1 unspecified atom stereocenters. The molecule has 2 rings (SSSR count). The molecule has 1 aromatic rings. The first kappa shape index (κ1) is 13.8. The van der Waals surface area contributed by atoms with Crippen molar-refractivity contribution in [1.82, 2.24) is 0 Å². The Bertz CT molecular complexity index is 470. The number of nitrogens with zero attached hydrogens (tertiary/aromatic N) is 2. The van der Waals surface area contributed by atoms with Gasteiger partial charge in [-0.1, -0.05) is 0 Å². The van der Waals surface area contributed by atoms with Crippen molar-refractivity contribution in [3.63, 3.8) is 0 Å². The molecule has 19 heavy (non-hydrogen) atoms. The van der Waals surface area contributed by atoms with Crippen molar-refractivity contribution in [2.45, 2.75) is 25.9 Å². The van der Waals surface area contributed by atoms with Gasteiger partial charge in [0, 0.05) is 19.7 Å². The van der Waals surface area contributed by atoms with Crippen molar-refractivity contribution in [3.05, 3.63) is 29.3 Å². The van der Waals surface area contributed by atoms with Crippen molar-refractivity contribution in [2.24, 2.45) is 0 Å². The molecule has 1 aliphatic rings. The van der Waals surface area contributed by atoms with Crippen LogP contribution >= 0.6 is 0 Å². The molecule has 102 valence electrons. The van der Waals surface area contributed by atoms with E-state index in [2.05, 4.69) is 0 Å². The quantitative estimate of drug-likeness (QED) is 0.840. The van der Waals surface area contributed by atoms with E-state index in [4.69, 9.17) is 10.00 Å². The summed E-state index contributed by atoms with van der Waals surface area (Å²) >= 11 is 0. The van der Waals surface area contributed by atoms with Crippen molar-refractivity contribution in [3.8, 4) is 6.07 Å². The smallest absolute Gasteiger partial charge is 0.150 e. The Hall–Kier alpha value is -1.67. The van der Waals surface area contributed by atoms with Crippen LogP contribution in [0.2, 0.25) is 0 Å². The number of hydrogen-bond acceptors (Lipinski definition) is 3. The first-order chi connectivity index (χ1) is 9.15. The highest BCUT2D eigenvalue weighted by Crippen LogP contribution is 2.26. The summed E-state index contributed by atoms with van der Waals surface area (Å²) in [5.41, 5.74) is -0.0797. The van der Waals surface area contributed by atoms with Crippen molar-refractivity contribution < 1.29 is 13.5 Å². The minimum Gasteiger partial charge on any atom is -0.376 e. The first-order valence-corrected chi connectivity index (χ1v) is 6.41. The molecule has 0 N–H and O–H groups in total. The number of hydrogen-bond donors (Lipinski definition) is 0. The molecule has 0 amide bonds. The summed E-state index contributed by atoms with van der Waals surface area (Å²) in [6.45, 7) is 3.50. The largest absolute Gasteiger partial charge is 0.376 e. The molecule has 0 radical (unpaired) electrons. The highest BCUT2D eigenvalue weighted by molar-refractivity contribution is 5.52. The third-order valence-corrected chi connectivity index (χ3v) is 3.29. The van der Waals surface area contributed by atoms with E-state index in [-0.39, 0.29) is 17.4 Å². The van der Waals surface area contributed by atoms with Gasteiger partial charge in [-0.05, 0) is 31.9 Å². The predicted molar refractivity (Wildman–Crippen MR) is 67.9 cm³/mol. The molecule has 0 aromatic heterocycles. The number of nitriles is 1. The van der Waals surface area contributed by atoms with Gasteiger partial charge < -0.3 is 9.64 Å². The summed E-state index contributed by atoms with van der Waals surface area (Å²) in [7, 11) is 0. The molecule has 5 heteroatoms. The van der Waals surface area contributed by atoms with E-state index in [9.17, 15) is 8.78 Å². The Morgan fingerprint density at radius 3 is 2.58 bits per heavy atom. The van der Waals surface area contributed by atoms with Gasteiger partial charge in [-0.3, -0.25) is 0 Å². The van der Waals surface area contributed by atoms with Gasteiger partial charge in [0.1, 0.15) is 5.69 Å². The number of rotatable bonds is 4. The van der Waals surface area contributed by atoms with Crippen LogP contribution in [0, 0.1) is 23.0 Å². The van der Waals surface area contributed by atoms with Crippen LogP contribution in [0.4, 0.5) is 14.5 Å². The molecule has 1 fully saturated rings. The number of anilines is 1. The Morgan fingerprint density at radius 2 is 2.11 bits per heavy atom. The number of halogens is 2. The summed E-state index contributed by atoms with van der Waals surface area (Å²) in [5, 5.41) is 8.69. The minimum atomic E-state index is -0.698. The van der Waals surface area contributed by atoms with Gasteiger partial charge in [-0.2, -0.15) is 5.26 Å². The number of likely N-dealkylation sites (N-methyl/N-ethyl adjacent to an activating group) is 1. The average Bonchev–Trinajstić information content (AvgIpc) is 2.89. The standard InChI is InChI=1S/C14H16F2N2O/c1-2-18(9-11-4-3-5-19-11)14-12(15)6-10(8-17)7-13(14)16/h6-7,11H,2-5,9H2,1H3. The lowest BCUT2D eigenvalue weighted by Gasteiger charge is -2.26. The van der Waals surface area contributed by atoms with E-state index in [1.807, 2.05) is 6.92 Å². The van der Waals surface area contributed by atoms with E-state index in [0.717, 1.165) is 25.0 Å². The van der Waals surface area contributed by atoms with Gasteiger partial charge in [0.25, 0.3) is 0 Å². The van der Waals surface area contributed by atoms with Crippen molar-refractivity contribution >= 4 is 5.69 Å². The highest BCUT2D eigenvalue weighted by atomic mass is 19.1. The van der Waals surface area contributed by atoms with Crippen molar-refractivity contribution in [1.29, 1.82) is 5.26 Å². The second-order valence-corrected chi connectivity index (χ2v) is 4.57. The molecule has 0 bridgehead atoms. The molecular formula is C14H16F2N2O. The second kappa shape index (κ2) is 5.98. The molecule has 1 heterocycles. The number of ether oxygens (including phenoxy) is 1. The molecule has 0 aliphatic carbocycles. The zero-order chi connectivity index (χ0) is 13.8. The Balaban J connectivity index is 2.24. The van der Waals surface area contributed by atoms with Crippen LogP contribution < -0.4 is 4.90 Å². The lowest BCUT2D eigenvalue weighted by Crippen LogP contribution is -2.33. The normalized spacial score (nSPS) is 18.3. The topological polar surface area (TPSA) is 36.3 Å². The zero-order valence-corrected chi connectivity index (χ0v) is 10.8. The van der Waals surface area contributed by atoms with Crippen LogP contribution in [0.1, 0.15) is 25.3 Å². The van der Waals surface area contributed by atoms with Gasteiger partial charge in [0.2, 0.25) is 0 Å². The fraction of sp³-hybridized carbons (Fsp3) is 0.500. The maximum absolute atomic E-state index is 13.9. The van der Waals surface area contributed by atoms with E-state index in [1.54, 1.807) is 11.0 Å². The van der Waals surface area contributed by atoms with Crippen LogP contribution in [-0.2, 0) is 4.74 Å². The van der Waals surface area contributed by atoms with Crippen LogP contribution in [0.5, 0.6) is 0 Å². The van der Waals surface area contributed by atoms with Crippen molar-refractivity contribution in [2.75, 3.05) is 24.6 Å². The third kappa shape index (κ3) is 3.02. The molecule has 1 saturated heterocycles. The van der Waals surface area contributed by atoms with Gasteiger partial charge in [-0.15, -0.1) is 0 Å². The van der Waals surface area contributed by atoms with Gasteiger partial charge in [0.15, 0.2) is 11.6 Å². The van der Waals surface area contributed by atoms with Gasteiger partial charge in [-0.25, -0.2) is 8.78 Å². The molecule has 3 nitrogen and oxygen atoms in total. The summed E-state index contributed by atoms with van der Waals surface area (Å²) in [5.74, 6) is -1.40. The third-order valence-electron chi connectivity index (χ3n) is 3.29. The Morgan fingerprint density at radius 1 is 1.42 bits per heavy atom. The lowest BCUT2D eigenvalue weighted by molar-refractivity contribution is 0.115. The van der Waals surface area contributed by atoms with Crippen LogP contribution in [0.3, 0.4) is 0 Å². The van der Waals surface area contributed by atoms with Crippen LogP contribution in [-0.4, -0.2) is 25.8 Å². The summed E-state index contributed by atoms with van der Waals surface area (Å²) in [6.07, 6.45) is 1.92. The molecule has 1 aromatic carbocycles. The van der Waals surface area contributed by atoms with E-state index >= 15 is 0 Å². The maximum Gasteiger partial charge on any atom is 0.150 e. The number of benzene rings is 1. The zero-order valence-electron chi connectivity index (χ0n) is 10.8. The molecule has 1 aliphatic heterocycles. The maximum atomic E-state index is 13.9. The monoisotopic (exact) mass is 266 g/mol. The van der Waals surface area contributed by atoms with E-state index in [0.29, 0.717) is 19.7 Å². The van der Waals surface area contributed by atoms with E-state index < -0.39 is 11.6 Å². The summed E-state index contributed by atoms with van der Waals surface area (Å²) < 4.78 is 33.4. The minimum absolute atomic E-state index is 0.00748. The second-order valence-electron chi connectivity index (χ2n) is 4.57. The highest BCUT2D eigenvalue weighted by Gasteiger charge is 2.23. The van der Waals surface area contributed by atoms with Crippen LogP contribution in [0.25, 0.3) is 0 Å². The summed E-state index contributed by atoms with van der Waals surface area (Å²) in [6, 6.07) is 3.87.